The first-order valence-electron chi connectivity index (χ1n) is 17.1. The molecular weight excluding hydrogens is 581 g/mol. The molecule has 2 aromatic heterocycles. The van der Waals surface area contributed by atoms with Crippen LogP contribution in [0.25, 0.3) is 60.6 Å². The number of benzene rings is 6. The zero-order valence-electron chi connectivity index (χ0n) is 27.9. The highest BCUT2D eigenvalue weighted by Gasteiger charge is 2.25. The first-order chi connectivity index (χ1) is 23.5. The van der Waals surface area contributed by atoms with E-state index in [1.807, 2.05) is 0 Å². The zero-order valence-corrected chi connectivity index (χ0v) is 27.9. The highest BCUT2D eigenvalue weighted by Crippen LogP contribution is 2.42. The molecule has 0 saturated carbocycles. The van der Waals surface area contributed by atoms with Crippen molar-refractivity contribution in [3.63, 3.8) is 0 Å². The van der Waals surface area contributed by atoms with Gasteiger partial charge in [0, 0.05) is 38.8 Å². The van der Waals surface area contributed by atoms with E-state index in [1.165, 1.54) is 88.4 Å². The SMILES string of the molecule is CC1=CC(c2ccc(-n3c4ccccc4c4ccccc43)cc2C)C(C)C=C1c1ccc(-n2c3ccccc3c3ccccc32)cc1C. The first-order valence-corrected chi connectivity index (χ1v) is 17.1. The Kier molecular flexibility index (Phi) is 6.55. The third-order valence-corrected chi connectivity index (χ3v) is 10.6. The molecule has 0 fully saturated rings. The summed E-state index contributed by atoms with van der Waals surface area (Å²) >= 11 is 0. The van der Waals surface area contributed by atoms with E-state index in [0.717, 1.165) is 0 Å². The number of para-hydroxylation sites is 4. The van der Waals surface area contributed by atoms with Crippen LogP contribution in [0, 0.1) is 19.8 Å². The monoisotopic (exact) mass is 618 g/mol. The van der Waals surface area contributed by atoms with E-state index in [4.69, 9.17) is 0 Å². The fourth-order valence-electron chi connectivity index (χ4n) is 8.35. The molecule has 2 atom stereocenters. The van der Waals surface area contributed by atoms with Gasteiger partial charge in [-0.15, -0.1) is 0 Å². The number of aryl methyl sites for hydroxylation is 2. The second kappa shape index (κ2) is 11.0. The lowest BCUT2D eigenvalue weighted by atomic mass is 9.76. The molecular formula is C46H38N2. The van der Waals surface area contributed by atoms with Crippen molar-refractivity contribution in [2.45, 2.75) is 33.6 Å². The van der Waals surface area contributed by atoms with Gasteiger partial charge in [-0.25, -0.2) is 0 Å². The van der Waals surface area contributed by atoms with Crippen molar-refractivity contribution < 1.29 is 0 Å². The topological polar surface area (TPSA) is 9.86 Å². The van der Waals surface area contributed by atoms with Crippen molar-refractivity contribution >= 4 is 49.2 Å². The molecule has 0 spiro atoms. The summed E-state index contributed by atoms with van der Waals surface area (Å²) in [6, 6.07) is 49.0. The van der Waals surface area contributed by atoms with Gasteiger partial charge in [0.2, 0.25) is 0 Å². The van der Waals surface area contributed by atoms with Crippen LogP contribution in [-0.2, 0) is 0 Å². The van der Waals surface area contributed by atoms with Crippen molar-refractivity contribution in [3.05, 3.63) is 173 Å². The van der Waals surface area contributed by atoms with Gasteiger partial charge < -0.3 is 9.13 Å². The smallest absolute Gasteiger partial charge is 0.0541 e. The molecule has 1 aliphatic carbocycles. The summed E-state index contributed by atoms with van der Waals surface area (Å²) in [6.45, 7) is 9.19. The van der Waals surface area contributed by atoms with E-state index >= 15 is 0 Å². The fourth-order valence-corrected chi connectivity index (χ4v) is 8.35. The van der Waals surface area contributed by atoms with Crippen LogP contribution in [0.5, 0.6) is 0 Å². The molecule has 2 heteroatoms. The largest absolute Gasteiger partial charge is 0.309 e. The summed E-state index contributed by atoms with van der Waals surface area (Å²) in [5, 5.41) is 5.18. The summed E-state index contributed by atoms with van der Waals surface area (Å²) in [7, 11) is 0. The third kappa shape index (κ3) is 4.33. The first kappa shape index (κ1) is 28.6. The average molecular weight is 619 g/mol. The van der Waals surface area contributed by atoms with Crippen LogP contribution in [0.15, 0.2) is 151 Å². The zero-order chi connectivity index (χ0) is 32.5. The Morgan fingerprint density at radius 3 is 1.35 bits per heavy atom. The van der Waals surface area contributed by atoms with Crippen molar-refractivity contribution in [2.24, 2.45) is 5.92 Å². The van der Waals surface area contributed by atoms with Gasteiger partial charge in [-0.3, -0.25) is 0 Å². The molecule has 8 aromatic rings. The third-order valence-electron chi connectivity index (χ3n) is 10.6. The van der Waals surface area contributed by atoms with Crippen LogP contribution < -0.4 is 0 Å². The molecule has 0 saturated heterocycles. The molecule has 1 aliphatic rings. The molecule has 0 amide bonds. The Morgan fingerprint density at radius 1 is 0.458 bits per heavy atom. The van der Waals surface area contributed by atoms with Gasteiger partial charge in [-0.2, -0.15) is 0 Å². The lowest BCUT2D eigenvalue weighted by Crippen LogP contribution is -2.13. The summed E-state index contributed by atoms with van der Waals surface area (Å²) in [4.78, 5) is 0. The maximum absolute atomic E-state index is 2.50. The van der Waals surface area contributed by atoms with Gasteiger partial charge in [-0.05, 0) is 109 Å². The Morgan fingerprint density at radius 2 is 0.896 bits per heavy atom. The number of fused-ring (bicyclic) bond motifs is 6. The van der Waals surface area contributed by atoms with Crippen molar-refractivity contribution in [3.8, 4) is 11.4 Å². The van der Waals surface area contributed by atoms with Gasteiger partial charge in [0.1, 0.15) is 0 Å². The quantitative estimate of drug-likeness (QED) is 0.186. The van der Waals surface area contributed by atoms with Crippen LogP contribution in [-0.4, -0.2) is 9.13 Å². The summed E-state index contributed by atoms with van der Waals surface area (Å²) in [5.74, 6) is 0.705. The summed E-state index contributed by atoms with van der Waals surface area (Å²) in [5.41, 5.74) is 15.5. The molecule has 2 nitrogen and oxygen atoms in total. The highest BCUT2D eigenvalue weighted by molar-refractivity contribution is 6.10. The summed E-state index contributed by atoms with van der Waals surface area (Å²) < 4.78 is 4.82. The Bertz CT molecular complexity index is 2510. The van der Waals surface area contributed by atoms with Crippen molar-refractivity contribution in [1.82, 2.24) is 9.13 Å². The molecule has 48 heavy (non-hydrogen) atoms. The lowest BCUT2D eigenvalue weighted by molar-refractivity contribution is 0.630. The number of hydrogen-bond donors (Lipinski definition) is 0. The predicted octanol–water partition coefficient (Wildman–Crippen LogP) is 12.3. The van der Waals surface area contributed by atoms with E-state index in [1.54, 1.807) is 0 Å². The normalized spacial score (nSPS) is 16.6. The van der Waals surface area contributed by atoms with Gasteiger partial charge >= 0.3 is 0 Å². The second-order valence-electron chi connectivity index (χ2n) is 13.6. The fraction of sp³-hybridized carbons (Fsp3) is 0.130. The summed E-state index contributed by atoms with van der Waals surface area (Å²) in [6.07, 6.45) is 5.01. The number of hydrogen-bond acceptors (Lipinski definition) is 0. The van der Waals surface area contributed by atoms with Crippen LogP contribution in [0.3, 0.4) is 0 Å². The standard InChI is InChI=1S/C46H38N2/c1-29-25-33(47-43-17-9-5-13-37(43)38-14-6-10-18-44(38)47)21-23-35(29)41-27-32(4)42(28-31(41)3)36-24-22-34(26-30(36)2)48-45-19-11-7-15-39(45)40-16-8-12-20-46(40)48/h5-28,31,41H,1-4H3. The van der Waals surface area contributed by atoms with Gasteiger partial charge in [0.15, 0.2) is 0 Å². The van der Waals surface area contributed by atoms with E-state index < -0.39 is 0 Å². The molecule has 0 bridgehead atoms. The second-order valence-corrected chi connectivity index (χ2v) is 13.6. The van der Waals surface area contributed by atoms with Crippen LogP contribution in [0.4, 0.5) is 0 Å². The lowest BCUT2D eigenvalue weighted by Gasteiger charge is -2.29. The Labute approximate surface area is 281 Å². The van der Waals surface area contributed by atoms with Crippen LogP contribution in [0.1, 0.15) is 42.0 Å². The Hall–Kier alpha value is -5.60. The van der Waals surface area contributed by atoms with E-state index in [9.17, 15) is 0 Å². The van der Waals surface area contributed by atoms with Gasteiger partial charge in [0.25, 0.3) is 0 Å². The minimum atomic E-state index is 0.332. The molecule has 0 N–H and O–H groups in total. The van der Waals surface area contributed by atoms with E-state index in [2.05, 4.69) is 182 Å². The maximum Gasteiger partial charge on any atom is 0.0541 e. The molecule has 6 aromatic carbocycles. The molecule has 0 radical (unpaired) electrons. The molecule has 232 valence electrons. The molecule has 2 heterocycles. The van der Waals surface area contributed by atoms with Gasteiger partial charge in [0.05, 0.1) is 22.1 Å². The van der Waals surface area contributed by atoms with Gasteiger partial charge in [-0.1, -0.05) is 104 Å². The number of nitrogens with zero attached hydrogens (tertiary/aromatic N) is 2. The van der Waals surface area contributed by atoms with E-state index in [-0.39, 0.29) is 0 Å². The van der Waals surface area contributed by atoms with Crippen molar-refractivity contribution in [2.75, 3.05) is 0 Å². The predicted molar refractivity (Wildman–Crippen MR) is 205 cm³/mol. The number of allylic oxidation sites excluding steroid dienone is 4. The molecule has 2 unspecified atom stereocenters. The molecule has 9 rings (SSSR count). The van der Waals surface area contributed by atoms with Crippen LogP contribution in [0.2, 0.25) is 0 Å². The minimum Gasteiger partial charge on any atom is -0.309 e. The van der Waals surface area contributed by atoms with Crippen LogP contribution >= 0.6 is 0 Å². The number of rotatable bonds is 4. The number of aromatic nitrogens is 2. The Balaban J connectivity index is 1.06. The maximum atomic E-state index is 2.50. The molecule has 0 aliphatic heterocycles. The average Bonchev–Trinajstić information content (AvgIpc) is 3.63. The van der Waals surface area contributed by atoms with E-state index in [0.29, 0.717) is 11.8 Å². The minimum absolute atomic E-state index is 0.332. The highest BCUT2D eigenvalue weighted by atomic mass is 15.0. The van der Waals surface area contributed by atoms with Crippen molar-refractivity contribution in [1.29, 1.82) is 0 Å².